The summed E-state index contributed by atoms with van der Waals surface area (Å²) in [5, 5.41) is 6.56. The Morgan fingerprint density at radius 3 is 2.29 bits per heavy atom. The number of nitrogens with one attached hydrogen (secondary N) is 1. The number of guanidine groups is 1. The lowest BCUT2D eigenvalue weighted by Gasteiger charge is -2.37. The second kappa shape index (κ2) is 10.3. The highest BCUT2D eigenvalue weighted by Crippen LogP contribution is 2.30. The lowest BCUT2D eigenvalue weighted by atomic mass is 10.2. The molecular formula is C20H32F3N7O. The Bertz CT molecular complexity index is 761. The van der Waals surface area contributed by atoms with E-state index in [4.69, 9.17) is 0 Å². The van der Waals surface area contributed by atoms with E-state index in [1.807, 2.05) is 9.80 Å². The molecule has 0 bridgehead atoms. The van der Waals surface area contributed by atoms with Crippen LogP contribution in [0.5, 0.6) is 0 Å². The van der Waals surface area contributed by atoms with Gasteiger partial charge >= 0.3 is 6.18 Å². The number of rotatable bonds is 4. The van der Waals surface area contributed by atoms with Crippen LogP contribution in [0.1, 0.15) is 36.9 Å². The minimum absolute atomic E-state index is 0.0109. The predicted molar refractivity (Wildman–Crippen MR) is 111 cm³/mol. The quantitative estimate of drug-likeness (QED) is 0.565. The molecule has 2 aliphatic rings. The van der Waals surface area contributed by atoms with Gasteiger partial charge in [0.05, 0.1) is 6.54 Å². The van der Waals surface area contributed by atoms with Crippen molar-refractivity contribution in [1.82, 2.24) is 29.8 Å². The van der Waals surface area contributed by atoms with Gasteiger partial charge in [0, 0.05) is 71.7 Å². The summed E-state index contributed by atoms with van der Waals surface area (Å²) >= 11 is 0. The molecule has 0 unspecified atom stereocenters. The Kier molecular flexibility index (Phi) is 7.79. The summed E-state index contributed by atoms with van der Waals surface area (Å²) in [5.74, 6) is 0.740. The van der Waals surface area contributed by atoms with Crippen molar-refractivity contribution in [3.05, 3.63) is 17.5 Å². The van der Waals surface area contributed by atoms with Crippen LogP contribution in [0.3, 0.4) is 0 Å². The largest absolute Gasteiger partial charge is 0.435 e. The topological polar surface area (TPSA) is 69.0 Å². The second-order valence-electron chi connectivity index (χ2n) is 8.13. The number of hydrogen-bond donors (Lipinski definition) is 1. The van der Waals surface area contributed by atoms with E-state index < -0.39 is 11.9 Å². The highest BCUT2D eigenvalue weighted by Gasteiger charge is 2.37. The van der Waals surface area contributed by atoms with E-state index in [9.17, 15) is 18.0 Å². The molecule has 11 heteroatoms. The molecule has 2 aliphatic heterocycles. The van der Waals surface area contributed by atoms with Crippen LogP contribution >= 0.6 is 0 Å². The maximum atomic E-state index is 13.1. The van der Waals surface area contributed by atoms with Gasteiger partial charge in [-0.05, 0) is 12.8 Å². The van der Waals surface area contributed by atoms with Gasteiger partial charge in [-0.2, -0.15) is 18.3 Å². The molecule has 1 amide bonds. The summed E-state index contributed by atoms with van der Waals surface area (Å²) < 4.78 is 40.6. The van der Waals surface area contributed by atoms with Gasteiger partial charge in [0.25, 0.3) is 0 Å². The number of nitrogens with zero attached hydrogens (tertiary/aromatic N) is 6. The highest BCUT2D eigenvalue weighted by molar-refractivity contribution is 5.80. The van der Waals surface area contributed by atoms with Crippen molar-refractivity contribution in [2.75, 3.05) is 52.9 Å². The van der Waals surface area contributed by atoms with Crippen molar-refractivity contribution in [2.24, 2.45) is 12.0 Å². The number of amides is 1. The molecule has 2 saturated heterocycles. The minimum Gasteiger partial charge on any atom is -0.352 e. The molecular weight excluding hydrogens is 411 g/mol. The van der Waals surface area contributed by atoms with Gasteiger partial charge in [0.2, 0.25) is 5.91 Å². The predicted octanol–water partition coefficient (Wildman–Crippen LogP) is 1.53. The number of carbonyl (C=O) groups excluding carboxylic acids is 1. The second-order valence-corrected chi connectivity index (χ2v) is 8.13. The van der Waals surface area contributed by atoms with Crippen LogP contribution < -0.4 is 5.32 Å². The molecule has 1 aromatic rings. The molecule has 0 spiro atoms. The SMILES string of the molecule is CN=C(NCc1cn(C)nc1C(F)(F)F)N1CCN(CC(=O)N2CCCCCC2)CC1. The number of alkyl halides is 3. The summed E-state index contributed by atoms with van der Waals surface area (Å²) in [5.41, 5.74) is -0.798. The first-order valence-electron chi connectivity index (χ1n) is 10.8. The van der Waals surface area contributed by atoms with Crippen LogP contribution in [0.2, 0.25) is 0 Å². The van der Waals surface area contributed by atoms with Crippen molar-refractivity contribution < 1.29 is 18.0 Å². The monoisotopic (exact) mass is 443 g/mol. The number of aliphatic imine (C=N–C) groups is 1. The molecule has 0 atom stereocenters. The molecule has 0 aromatic carbocycles. The van der Waals surface area contributed by atoms with Gasteiger partial charge in [-0.15, -0.1) is 0 Å². The number of hydrogen-bond acceptors (Lipinski definition) is 4. The van der Waals surface area contributed by atoms with Crippen LogP contribution in [0, 0.1) is 0 Å². The number of piperazine rings is 1. The summed E-state index contributed by atoms with van der Waals surface area (Å²) in [4.78, 5) is 23.0. The summed E-state index contributed by atoms with van der Waals surface area (Å²) in [6, 6.07) is 0. The molecule has 1 aromatic heterocycles. The van der Waals surface area contributed by atoms with E-state index in [1.54, 1.807) is 7.05 Å². The van der Waals surface area contributed by atoms with Crippen molar-refractivity contribution in [3.8, 4) is 0 Å². The third-order valence-corrected chi connectivity index (χ3v) is 5.81. The Hall–Kier alpha value is -2.30. The lowest BCUT2D eigenvalue weighted by molar-refractivity contribution is -0.142. The minimum atomic E-state index is -4.49. The standard InChI is InChI=1S/C20H32F3N7O/c1-24-19(25-13-16-14-27(2)26-18(16)20(21,22)23)30-11-9-28(10-12-30)15-17(31)29-7-5-3-4-6-8-29/h14H,3-13,15H2,1-2H3,(H,24,25). The zero-order chi connectivity index (χ0) is 22.4. The fourth-order valence-electron chi connectivity index (χ4n) is 4.14. The van der Waals surface area contributed by atoms with Crippen LogP contribution in [-0.2, 0) is 24.6 Å². The molecule has 1 N–H and O–H groups in total. The number of aryl methyl sites for hydroxylation is 1. The molecule has 0 saturated carbocycles. The molecule has 0 aliphatic carbocycles. The van der Waals surface area contributed by atoms with E-state index in [1.165, 1.54) is 30.8 Å². The van der Waals surface area contributed by atoms with E-state index in [0.29, 0.717) is 38.7 Å². The maximum absolute atomic E-state index is 13.1. The van der Waals surface area contributed by atoms with E-state index >= 15 is 0 Å². The average molecular weight is 444 g/mol. The molecule has 0 radical (unpaired) electrons. The van der Waals surface area contributed by atoms with Crippen molar-refractivity contribution in [3.63, 3.8) is 0 Å². The Labute approximate surface area is 181 Å². The summed E-state index contributed by atoms with van der Waals surface area (Å²) in [6.45, 7) is 4.85. The number of carbonyl (C=O) groups is 1. The first-order valence-corrected chi connectivity index (χ1v) is 10.8. The van der Waals surface area contributed by atoms with E-state index in [2.05, 4.69) is 20.3 Å². The van der Waals surface area contributed by atoms with Gasteiger partial charge in [0.1, 0.15) is 0 Å². The molecule has 2 fully saturated rings. The molecule has 3 rings (SSSR count). The van der Waals surface area contributed by atoms with Crippen LogP contribution in [-0.4, -0.2) is 89.2 Å². The van der Waals surface area contributed by atoms with Crippen LogP contribution in [0.15, 0.2) is 11.2 Å². The zero-order valence-corrected chi connectivity index (χ0v) is 18.3. The lowest BCUT2D eigenvalue weighted by Crippen LogP contribution is -2.54. The Balaban J connectivity index is 1.49. The van der Waals surface area contributed by atoms with Crippen molar-refractivity contribution in [1.29, 1.82) is 0 Å². The van der Waals surface area contributed by atoms with Gasteiger partial charge in [-0.1, -0.05) is 12.8 Å². The zero-order valence-electron chi connectivity index (χ0n) is 18.3. The number of aromatic nitrogens is 2. The molecule has 31 heavy (non-hydrogen) atoms. The molecule has 174 valence electrons. The highest BCUT2D eigenvalue weighted by atomic mass is 19.4. The van der Waals surface area contributed by atoms with Crippen LogP contribution in [0.25, 0.3) is 0 Å². The number of halogens is 3. The Morgan fingerprint density at radius 1 is 1.06 bits per heavy atom. The maximum Gasteiger partial charge on any atom is 0.435 e. The summed E-state index contributed by atoms with van der Waals surface area (Å²) in [6.07, 6.45) is 1.42. The number of likely N-dealkylation sites (tertiary alicyclic amines) is 1. The smallest absolute Gasteiger partial charge is 0.352 e. The summed E-state index contributed by atoms with van der Waals surface area (Å²) in [7, 11) is 3.09. The van der Waals surface area contributed by atoms with Gasteiger partial charge in [-0.3, -0.25) is 19.4 Å². The first kappa shape index (κ1) is 23.4. The third-order valence-electron chi connectivity index (χ3n) is 5.81. The fourth-order valence-corrected chi connectivity index (χ4v) is 4.14. The molecule has 3 heterocycles. The molecule has 8 nitrogen and oxygen atoms in total. The normalized spacial score (nSPS) is 19.5. The van der Waals surface area contributed by atoms with Gasteiger partial charge in [0.15, 0.2) is 11.7 Å². The van der Waals surface area contributed by atoms with Gasteiger partial charge in [-0.25, -0.2) is 0 Å². The van der Waals surface area contributed by atoms with E-state index in [-0.39, 0.29) is 18.0 Å². The first-order chi connectivity index (χ1) is 14.8. The van der Waals surface area contributed by atoms with Gasteiger partial charge < -0.3 is 15.1 Å². The third kappa shape index (κ3) is 6.34. The van der Waals surface area contributed by atoms with Crippen molar-refractivity contribution >= 4 is 11.9 Å². The Morgan fingerprint density at radius 2 is 1.71 bits per heavy atom. The van der Waals surface area contributed by atoms with Crippen molar-refractivity contribution in [2.45, 2.75) is 38.4 Å². The van der Waals surface area contributed by atoms with Crippen LogP contribution in [0.4, 0.5) is 13.2 Å². The average Bonchev–Trinajstić information content (AvgIpc) is 2.93. The van der Waals surface area contributed by atoms with E-state index in [0.717, 1.165) is 25.9 Å². The fraction of sp³-hybridized carbons (Fsp3) is 0.750.